The summed E-state index contributed by atoms with van der Waals surface area (Å²) in [5, 5.41) is 3.25. The molecule has 3 N–H and O–H groups in total. The van der Waals surface area contributed by atoms with Gasteiger partial charge in [-0.15, -0.1) is 0 Å². The number of benzene rings is 1. The van der Waals surface area contributed by atoms with Crippen molar-refractivity contribution in [3.63, 3.8) is 0 Å². The lowest BCUT2D eigenvalue weighted by Gasteiger charge is -2.13. The van der Waals surface area contributed by atoms with E-state index < -0.39 is 5.91 Å². The summed E-state index contributed by atoms with van der Waals surface area (Å²) in [4.78, 5) is 20.5. The van der Waals surface area contributed by atoms with Crippen molar-refractivity contribution in [3.8, 4) is 11.4 Å². The van der Waals surface area contributed by atoms with Crippen LogP contribution in [-0.4, -0.2) is 15.9 Å². The molecule has 0 spiro atoms. The van der Waals surface area contributed by atoms with Gasteiger partial charge in [-0.25, -0.2) is 0 Å². The Morgan fingerprint density at radius 3 is 2.43 bits per heavy atom. The van der Waals surface area contributed by atoms with Crippen molar-refractivity contribution >= 4 is 11.6 Å². The van der Waals surface area contributed by atoms with Crippen LogP contribution in [0.4, 0.5) is 5.69 Å². The standard InChI is InChI=1S/C18H16N4O/c19-18(23)16-14(22-12-13-6-2-1-3-7-13)9-11-21-17(16)15-8-4-5-10-20-15/h1-11H,12H2,(H2,19,23)(H,21,22). The number of hydrogen-bond acceptors (Lipinski definition) is 4. The molecule has 3 aromatic rings. The first-order chi connectivity index (χ1) is 11.3. The van der Waals surface area contributed by atoms with Crippen molar-refractivity contribution in [2.45, 2.75) is 6.54 Å². The minimum Gasteiger partial charge on any atom is -0.380 e. The molecule has 0 atom stereocenters. The van der Waals surface area contributed by atoms with E-state index in [1.54, 1.807) is 24.5 Å². The van der Waals surface area contributed by atoms with Crippen LogP contribution < -0.4 is 11.1 Å². The van der Waals surface area contributed by atoms with Crippen LogP contribution in [0, 0.1) is 0 Å². The number of hydrogen-bond donors (Lipinski definition) is 2. The van der Waals surface area contributed by atoms with Crippen LogP contribution in [0.25, 0.3) is 11.4 Å². The van der Waals surface area contributed by atoms with Gasteiger partial charge in [-0.3, -0.25) is 14.8 Å². The first kappa shape index (κ1) is 14.7. The fourth-order valence-electron chi connectivity index (χ4n) is 2.35. The third-order valence-corrected chi connectivity index (χ3v) is 3.43. The number of carbonyl (C=O) groups excluding carboxylic acids is 1. The lowest BCUT2D eigenvalue weighted by Crippen LogP contribution is -2.17. The number of nitrogens with zero attached hydrogens (tertiary/aromatic N) is 2. The Kier molecular flexibility index (Phi) is 4.29. The molecule has 3 rings (SSSR count). The van der Waals surface area contributed by atoms with E-state index in [9.17, 15) is 4.79 Å². The number of nitrogens with one attached hydrogen (secondary N) is 1. The quantitative estimate of drug-likeness (QED) is 0.759. The molecule has 0 aliphatic rings. The van der Waals surface area contributed by atoms with Gasteiger partial charge in [0.15, 0.2) is 0 Å². The number of pyridine rings is 2. The fraction of sp³-hybridized carbons (Fsp3) is 0.0556. The van der Waals surface area contributed by atoms with E-state index in [0.29, 0.717) is 29.2 Å². The van der Waals surface area contributed by atoms with Crippen LogP contribution in [0.15, 0.2) is 67.0 Å². The van der Waals surface area contributed by atoms with Crippen LogP contribution in [0.1, 0.15) is 15.9 Å². The lowest BCUT2D eigenvalue weighted by atomic mass is 10.1. The van der Waals surface area contributed by atoms with Crippen molar-refractivity contribution in [1.82, 2.24) is 9.97 Å². The van der Waals surface area contributed by atoms with Gasteiger partial charge < -0.3 is 11.1 Å². The third-order valence-electron chi connectivity index (χ3n) is 3.43. The molecule has 0 saturated carbocycles. The fourth-order valence-corrected chi connectivity index (χ4v) is 2.35. The summed E-state index contributed by atoms with van der Waals surface area (Å²) in [5.74, 6) is -0.533. The normalized spacial score (nSPS) is 10.3. The van der Waals surface area contributed by atoms with Gasteiger partial charge in [-0.2, -0.15) is 0 Å². The molecule has 0 saturated heterocycles. The van der Waals surface area contributed by atoms with E-state index >= 15 is 0 Å². The van der Waals surface area contributed by atoms with E-state index in [1.165, 1.54) is 0 Å². The predicted molar refractivity (Wildman–Crippen MR) is 89.8 cm³/mol. The second-order valence-corrected chi connectivity index (χ2v) is 5.00. The second kappa shape index (κ2) is 6.70. The van der Waals surface area contributed by atoms with Crippen molar-refractivity contribution < 1.29 is 4.79 Å². The van der Waals surface area contributed by atoms with Gasteiger partial charge in [0.25, 0.3) is 5.91 Å². The topological polar surface area (TPSA) is 80.9 Å². The minimum absolute atomic E-state index is 0.349. The number of primary amides is 1. The summed E-state index contributed by atoms with van der Waals surface area (Å²) >= 11 is 0. The van der Waals surface area contributed by atoms with Crippen LogP contribution >= 0.6 is 0 Å². The summed E-state index contributed by atoms with van der Waals surface area (Å²) in [6.45, 7) is 0.590. The van der Waals surface area contributed by atoms with Gasteiger partial charge >= 0.3 is 0 Å². The largest absolute Gasteiger partial charge is 0.380 e. The molecular formula is C18H16N4O. The molecule has 114 valence electrons. The van der Waals surface area contributed by atoms with Crippen molar-refractivity contribution in [1.29, 1.82) is 0 Å². The maximum absolute atomic E-state index is 11.9. The van der Waals surface area contributed by atoms with Gasteiger partial charge in [0.2, 0.25) is 0 Å². The zero-order valence-electron chi connectivity index (χ0n) is 12.4. The lowest BCUT2D eigenvalue weighted by molar-refractivity contribution is 0.100. The Bertz CT molecular complexity index is 804. The van der Waals surface area contributed by atoms with E-state index in [0.717, 1.165) is 5.56 Å². The Balaban J connectivity index is 1.96. The molecule has 0 radical (unpaired) electrons. The molecule has 2 heterocycles. The van der Waals surface area contributed by atoms with Gasteiger partial charge in [0, 0.05) is 18.9 Å². The zero-order valence-corrected chi connectivity index (χ0v) is 12.4. The van der Waals surface area contributed by atoms with E-state index in [2.05, 4.69) is 15.3 Å². The summed E-state index contributed by atoms with van der Waals surface area (Å²) in [7, 11) is 0. The molecular weight excluding hydrogens is 288 g/mol. The number of carbonyl (C=O) groups is 1. The SMILES string of the molecule is NC(=O)c1c(NCc2ccccc2)ccnc1-c1ccccn1. The summed E-state index contributed by atoms with van der Waals surface area (Å²) < 4.78 is 0. The Morgan fingerprint density at radius 1 is 0.957 bits per heavy atom. The summed E-state index contributed by atoms with van der Waals surface area (Å²) in [6.07, 6.45) is 3.30. The maximum Gasteiger partial charge on any atom is 0.253 e. The molecule has 0 aliphatic carbocycles. The number of nitrogens with two attached hydrogens (primary N) is 1. The molecule has 0 bridgehead atoms. The maximum atomic E-state index is 11.9. The molecule has 0 fully saturated rings. The van der Waals surface area contributed by atoms with Crippen LogP contribution in [0.5, 0.6) is 0 Å². The Hall–Kier alpha value is -3.21. The average Bonchev–Trinajstić information content (AvgIpc) is 2.61. The van der Waals surface area contributed by atoms with Crippen LogP contribution in [0.2, 0.25) is 0 Å². The molecule has 5 heteroatoms. The number of aromatic nitrogens is 2. The molecule has 1 amide bonds. The summed E-state index contributed by atoms with van der Waals surface area (Å²) in [6, 6.07) is 17.1. The van der Waals surface area contributed by atoms with Crippen molar-refractivity contribution in [2.75, 3.05) is 5.32 Å². The van der Waals surface area contributed by atoms with Crippen molar-refractivity contribution in [2.24, 2.45) is 5.73 Å². The molecule has 0 aliphatic heterocycles. The van der Waals surface area contributed by atoms with Crippen LogP contribution in [-0.2, 0) is 6.54 Å². The average molecular weight is 304 g/mol. The first-order valence-electron chi connectivity index (χ1n) is 7.23. The highest BCUT2D eigenvalue weighted by atomic mass is 16.1. The van der Waals surface area contributed by atoms with Crippen LogP contribution in [0.3, 0.4) is 0 Å². The zero-order chi connectivity index (χ0) is 16.1. The number of rotatable bonds is 5. The van der Waals surface area contributed by atoms with E-state index in [4.69, 9.17) is 5.73 Å². The Labute approximate surface area is 134 Å². The molecule has 0 unspecified atom stereocenters. The summed E-state index contributed by atoms with van der Waals surface area (Å²) in [5.41, 5.74) is 8.78. The van der Waals surface area contributed by atoms with E-state index in [-0.39, 0.29) is 0 Å². The highest BCUT2D eigenvalue weighted by Crippen LogP contribution is 2.25. The smallest absolute Gasteiger partial charge is 0.253 e. The number of anilines is 1. The van der Waals surface area contributed by atoms with Gasteiger partial charge in [-0.05, 0) is 23.8 Å². The second-order valence-electron chi connectivity index (χ2n) is 5.00. The predicted octanol–water partition coefficient (Wildman–Crippen LogP) is 2.85. The van der Waals surface area contributed by atoms with Gasteiger partial charge in [-0.1, -0.05) is 36.4 Å². The first-order valence-corrected chi connectivity index (χ1v) is 7.23. The van der Waals surface area contributed by atoms with Gasteiger partial charge in [0.05, 0.1) is 16.9 Å². The third kappa shape index (κ3) is 3.35. The molecule has 23 heavy (non-hydrogen) atoms. The van der Waals surface area contributed by atoms with Gasteiger partial charge in [0.1, 0.15) is 5.69 Å². The highest BCUT2D eigenvalue weighted by Gasteiger charge is 2.17. The monoisotopic (exact) mass is 304 g/mol. The highest BCUT2D eigenvalue weighted by molar-refractivity contribution is 6.03. The van der Waals surface area contributed by atoms with E-state index in [1.807, 2.05) is 42.5 Å². The number of amides is 1. The molecule has 1 aromatic carbocycles. The minimum atomic E-state index is -0.533. The molecule has 5 nitrogen and oxygen atoms in total. The molecule has 2 aromatic heterocycles. The Morgan fingerprint density at radius 2 is 1.74 bits per heavy atom. The van der Waals surface area contributed by atoms with Crippen molar-refractivity contribution in [3.05, 3.63) is 78.1 Å².